The lowest BCUT2D eigenvalue weighted by Gasteiger charge is -2.03. The highest BCUT2D eigenvalue weighted by Gasteiger charge is 2.06. The Kier molecular flexibility index (Phi) is 2.20. The molecule has 0 bridgehead atoms. The summed E-state index contributed by atoms with van der Waals surface area (Å²) in [4.78, 5) is 8.92. The maximum atomic E-state index is 6.06. The standard InChI is InChI=1S/C12H6Cl2N2/c13-7-3-1-5-9-11(7)16-12-8(14)4-2-6-10(12)15-9/h1-6H. The molecule has 0 saturated carbocycles. The van der Waals surface area contributed by atoms with Gasteiger partial charge >= 0.3 is 0 Å². The van der Waals surface area contributed by atoms with Crippen LogP contribution in [0.3, 0.4) is 0 Å². The van der Waals surface area contributed by atoms with Crippen LogP contribution in [0.2, 0.25) is 10.0 Å². The highest BCUT2D eigenvalue weighted by Crippen LogP contribution is 2.26. The van der Waals surface area contributed by atoms with Crippen LogP contribution in [0, 0.1) is 0 Å². The number of para-hydroxylation sites is 2. The molecule has 2 aromatic carbocycles. The molecule has 0 unspecified atom stereocenters. The molecule has 0 fully saturated rings. The normalized spacial score (nSPS) is 11.1. The minimum Gasteiger partial charge on any atom is -0.244 e. The third-order valence-electron chi connectivity index (χ3n) is 2.40. The first kappa shape index (κ1) is 9.82. The van der Waals surface area contributed by atoms with Crippen LogP contribution in [0.4, 0.5) is 0 Å². The zero-order chi connectivity index (χ0) is 11.1. The van der Waals surface area contributed by atoms with E-state index in [4.69, 9.17) is 23.2 Å². The summed E-state index contributed by atoms with van der Waals surface area (Å²) < 4.78 is 0. The molecule has 0 atom stereocenters. The van der Waals surface area contributed by atoms with Crippen molar-refractivity contribution in [2.75, 3.05) is 0 Å². The second kappa shape index (κ2) is 3.58. The van der Waals surface area contributed by atoms with Crippen molar-refractivity contribution >= 4 is 45.3 Å². The molecule has 1 heterocycles. The van der Waals surface area contributed by atoms with Gasteiger partial charge in [0, 0.05) is 0 Å². The van der Waals surface area contributed by atoms with Gasteiger partial charge in [0.15, 0.2) is 0 Å². The lowest BCUT2D eigenvalue weighted by atomic mass is 10.2. The molecular formula is C12H6Cl2N2. The number of hydrogen-bond donors (Lipinski definition) is 0. The van der Waals surface area contributed by atoms with Crippen LogP contribution in [0.25, 0.3) is 22.1 Å². The Labute approximate surface area is 102 Å². The van der Waals surface area contributed by atoms with Gasteiger partial charge in [0.1, 0.15) is 11.0 Å². The van der Waals surface area contributed by atoms with E-state index in [2.05, 4.69) is 9.97 Å². The lowest BCUT2D eigenvalue weighted by Crippen LogP contribution is -1.88. The number of hydrogen-bond acceptors (Lipinski definition) is 2. The van der Waals surface area contributed by atoms with Crippen LogP contribution >= 0.6 is 23.2 Å². The first-order chi connectivity index (χ1) is 7.75. The van der Waals surface area contributed by atoms with Gasteiger partial charge in [-0.2, -0.15) is 0 Å². The number of rotatable bonds is 0. The van der Waals surface area contributed by atoms with E-state index in [9.17, 15) is 0 Å². The molecule has 0 spiro atoms. The van der Waals surface area contributed by atoms with Crippen molar-refractivity contribution in [1.82, 2.24) is 9.97 Å². The van der Waals surface area contributed by atoms with Gasteiger partial charge in [0.2, 0.25) is 0 Å². The summed E-state index contributed by atoms with van der Waals surface area (Å²) in [5, 5.41) is 1.18. The molecule has 1 aromatic heterocycles. The van der Waals surface area contributed by atoms with Gasteiger partial charge in [-0.3, -0.25) is 0 Å². The SMILES string of the molecule is Clc1cccc2nc3cccc(Cl)c3nc12. The Morgan fingerprint density at radius 1 is 0.688 bits per heavy atom. The highest BCUT2D eigenvalue weighted by molar-refractivity contribution is 6.36. The van der Waals surface area contributed by atoms with Crippen molar-refractivity contribution in [2.24, 2.45) is 0 Å². The average molecular weight is 249 g/mol. The third kappa shape index (κ3) is 1.42. The summed E-state index contributed by atoms with van der Waals surface area (Å²) in [6.45, 7) is 0. The molecule has 0 saturated heterocycles. The molecule has 78 valence electrons. The lowest BCUT2D eigenvalue weighted by molar-refractivity contribution is 1.39. The van der Waals surface area contributed by atoms with E-state index in [-0.39, 0.29) is 0 Å². The van der Waals surface area contributed by atoms with Crippen molar-refractivity contribution in [3.8, 4) is 0 Å². The van der Waals surface area contributed by atoms with Gasteiger partial charge in [-0.25, -0.2) is 9.97 Å². The van der Waals surface area contributed by atoms with E-state index < -0.39 is 0 Å². The second-order valence-electron chi connectivity index (χ2n) is 3.44. The van der Waals surface area contributed by atoms with E-state index in [1.54, 1.807) is 12.1 Å². The van der Waals surface area contributed by atoms with Crippen LogP contribution in [0.5, 0.6) is 0 Å². The minimum absolute atomic E-state index is 0.590. The average Bonchev–Trinajstić information content (AvgIpc) is 2.28. The van der Waals surface area contributed by atoms with Gasteiger partial charge in [-0.05, 0) is 24.3 Å². The van der Waals surface area contributed by atoms with Crippen LogP contribution < -0.4 is 0 Å². The number of nitrogens with zero attached hydrogens (tertiary/aromatic N) is 2. The fourth-order valence-electron chi connectivity index (χ4n) is 1.65. The van der Waals surface area contributed by atoms with Crippen molar-refractivity contribution in [2.45, 2.75) is 0 Å². The van der Waals surface area contributed by atoms with Crippen LogP contribution in [-0.2, 0) is 0 Å². The zero-order valence-electron chi connectivity index (χ0n) is 8.11. The molecular weight excluding hydrogens is 243 g/mol. The van der Waals surface area contributed by atoms with E-state index in [0.29, 0.717) is 21.1 Å². The Hall–Kier alpha value is -1.38. The molecule has 0 aliphatic rings. The predicted octanol–water partition coefficient (Wildman–Crippen LogP) is 4.09. The Balaban J connectivity index is 2.55. The topological polar surface area (TPSA) is 25.8 Å². The van der Waals surface area contributed by atoms with E-state index in [1.807, 2.05) is 24.3 Å². The van der Waals surface area contributed by atoms with Gasteiger partial charge in [-0.1, -0.05) is 35.3 Å². The smallest absolute Gasteiger partial charge is 0.108 e. The molecule has 3 aromatic rings. The summed E-state index contributed by atoms with van der Waals surface area (Å²) in [6, 6.07) is 11.1. The maximum absolute atomic E-state index is 6.06. The van der Waals surface area contributed by atoms with Crippen molar-refractivity contribution in [3.05, 3.63) is 46.4 Å². The van der Waals surface area contributed by atoms with Gasteiger partial charge < -0.3 is 0 Å². The van der Waals surface area contributed by atoms with Crippen LogP contribution in [-0.4, -0.2) is 9.97 Å². The van der Waals surface area contributed by atoms with Gasteiger partial charge in [0.25, 0.3) is 0 Å². The summed E-state index contributed by atoms with van der Waals surface area (Å²) in [5.41, 5.74) is 2.93. The fourth-order valence-corrected chi connectivity index (χ4v) is 2.07. The minimum atomic E-state index is 0.590. The third-order valence-corrected chi connectivity index (χ3v) is 3.01. The molecule has 2 nitrogen and oxygen atoms in total. The number of halogens is 2. The molecule has 0 radical (unpaired) electrons. The Morgan fingerprint density at radius 2 is 1.19 bits per heavy atom. The predicted molar refractivity (Wildman–Crippen MR) is 67.1 cm³/mol. The highest BCUT2D eigenvalue weighted by atomic mass is 35.5. The monoisotopic (exact) mass is 248 g/mol. The zero-order valence-corrected chi connectivity index (χ0v) is 9.63. The summed E-state index contributed by atoms with van der Waals surface area (Å²) in [5.74, 6) is 0. The van der Waals surface area contributed by atoms with Crippen molar-refractivity contribution in [1.29, 1.82) is 0 Å². The largest absolute Gasteiger partial charge is 0.244 e. The van der Waals surface area contributed by atoms with Crippen LogP contribution in [0.1, 0.15) is 0 Å². The molecule has 3 rings (SSSR count). The molecule has 16 heavy (non-hydrogen) atoms. The first-order valence-corrected chi connectivity index (χ1v) is 5.52. The summed E-state index contributed by atoms with van der Waals surface area (Å²) in [6.07, 6.45) is 0. The molecule has 0 aliphatic carbocycles. The van der Waals surface area contributed by atoms with Gasteiger partial charge in [0.05, 0.1) is 21.1 Å². The van der Waals surface area contributed by atoms with E-state index in [1.165, 1.54) is 0 Å². The number of benzene rings is 2. The Bertz CT molecular complexity index is 638. The van der Waals surface area contributed by atoms with E-state index >= 15 is 0 Å². The molecule has 0 N–H and O–H groups in total. The van der Waals surface area contributed by atoms with Crippen molar-refractivity contribution < 1.29 is 0 Å². The summed E-state index contributed by atoms with van der Waals surface area (Å²) in [7, 11) is 0. The van der Waals surface area contributed by atoms with Crippen molar-refractivity contribution in [3.63, 3.8) is 0 Å². The quantitative estimate of drug-likeness (QED) is 0.561. The molecule has 4 heteroatoms. The molecule has 0 aliphatic heterocycles. The number of aromatic nitrogens is 2. The van der Waals surface area contributed by atoms with E-state index in [0.717, 1.165) is 11.0 Å². The fraction of sp³-hybridized carbons (Fsp3) is 0. The first-order valence-electron chi connectivity index (χ1n) is 4.76. The van der Waals surface area contributed by atoms with Crippen LogP contribution in [0.15, 0.2) is 36.4 Å². The number of fused-ring (bicyclic) bond motifs is 2. The summed E-state index contributed by atoms with van der Waals surface area (Å²) >= 11 is 12.1. The second-order valence-corrected chi connectivity index (χ2v) is 4.25. The van der Waals surface area contributed by atoms with Gasteiger partial charge in [-0.15, -0.1) is 0 Å². The Morgan fingerprint density at radius 3 is 1.69 bits per heavy atom. The molecule has 0 amide bonds. The maximum Gasteiger partial charge on any atom is 0.108 e.